The summed E-state index contributed by atoms with van der Waals surface area (Å²) in [7, 11) is 1.29. The van der Waals surface area contributed by atoms with Crippen molar-refractivity contribution >= 4 is 17.7 Å². The third-order valence-electron chi connectivity index (χ3n) is 5.98. The third-order valence-corrected chi connectivity index (χ3v) is 5.98. The van der Waals surface area contributed by atoms with Crippen LogP contribution in [0.25, 0.3) is 0 Å². The van der Waals surface area contributed by atoms with Crippen molar-refractivity contribution in [2.24, 2.45) is 5.92 Å². The summed E-state index contributed by atoms with van der Waals surface area (Å²) < 4.78 is 38.5. The number of ether oxygens (including phenoxy) is 2. The molecule has 5 rings (SSSR count). The Morgan fingerprint density at radius 2 is 1.81 bits per heavy atom. The lowest BCUT2D eigenvalue weighted by molar-refractivity contribution is -0.0311. The van der Waals surface area contributed by atoms with Gasteiger partial charge in [-0.15, -0.1) is 0 Å². The van der Waals surface area contributed by atoms with E-state index in [9.17, 15) is 18.4 Å². The standard InChI is InChI=1S/C23H24F2N2O4/c1-30-22(28)17-4-2-15(3-5-17)13-27(20-7-6-18(24)12-19(20)25)23(29)31-21-14-26-10-8-16(21)9-11-26/h2-7,12,16,21H,8-11,13-14H2,1H3. The minimum atomic E-state index is -0.850. The van der Waals surface area contributed by atoms with Crippen molar-refractivity contribution < 1.29 is 27.8 Å². The van der Waals surface area contributed by atoms with Crippen molar-refractivity contribution in [3.05, 3.63) is 65.2 Å². The molecule has 3 heterocycles. The number of benzene rings is 2. The first-order chi connectivity index (χ1) is 14.9. The maximum absolute atomic E-state index is 14.5. The zero-order chi connectivity index (χ0) is 22.0. The molecule has 0 spiro atoms. The first kappa shape index (κ1) is 21.2. The quantitative estimate of drug-likeness (QED) is 0.672. The Kier molecular flexibility index (Phi) is 6.18. The Balaban J connectivity index is 1.57. The molecular formula is C23H24F2N2O4. The molecule has 31 heavy (non-hydrogen) atoms. The van der Waals surface area contributed by atoms with Gasteiger partial charge in [-0.05, 0) is 61.7 Å². The summed E-state index contributed by atoms with van der Waals surface area (Å²) in [5.74, 6) is -1.76. The van der Waals surface area contributed by atoms with Crippen molar-refractivity contribution in [3.63, 3.8) is 0 Å². The number of piperidine rings is 3. The van der Waals surface area contributed by atoms with Gasteiger partial charge in [-0.25, -0.2) is 18.4 Å². The molecule has 3 saturated heterocycles. The first-order valence-electron chi connectivity index (χ1n) is 10.3. The lowest BCUT2D eigenvalue weighted by atomic mass is 9.86. The molecule has 0 aliphatic carbocycles. The summed E-state index contributed by atoms with van der Waals surface area (Å²) in [6.45, 7) is 2.68. The van der Waals surface area contributed by atoms with Gasteiger partial charge in [0.1, 0.15) is 17.7 Å². The minimum Gasteiger partial charge on any atom is -0.465 e. The molecular weight excluding hydrogens is 406 g/mol. The molecule has 0 N–H and O–H groups in total. The average molecular weight is 430 g/mol. The predicted octanol–water partition coefficient (Wildman–Crippen LogP) is 3.99. The van der Waals surface area contributed by atoms with Crippen LogP contribution in [0.15, 0.2) is 42.5 Å². The molecule has 1 atom stereocenters. The number of hydrogen-bond donors (Lipinski definition) is 0. The molecule has 3 fully saturated rings. The maximum atomic E-state index is 14.5. The molecule has 0 saturated carbocycles. The van der Waals surface area contributed by atoms with E-state index in [1.165, 1.54) is 18.1 Å². The molecule has 3 aliphatic rings. The van der Waals surface area contributed by atoms with Crippen LogP contribution in [0.1, 0.15) is 28.8 Å². The lowest BCUT2D eigenvalue weighted by Gasteiger charge is -2.44. The highest BCUT2D eigenvalue weighted by Crippen LogP contribution is 2.31. The second-order valence-electron chi connectivity index (χ2n) is 7.93. The number of amides is 1. The van der Waals surface area contributed by atoms with Crippen molar-refractivity contribution in [1.29, 1.82) is 0 Å². The van der Waals surface area contributed by atoms with Gasteiger partial charge < -0.3 is 9.47 Å². The molecule has 6 nitrogen and oxygen atoms in total. The number of hydrogen-bond acceptors (Lipinski definition) is 5. The zero-order valence-corrected chi connectivity index (χ0v) is 17.2. The first-order valence-corrected chi connectivity index (χ1v) is 10.3. The molecule has 2 aromatic carbocycles. The van der Waals surface area contributed by atoms with Gasteiger partial charge in [-0.1, -0.05) is 12.1 Å². The number of esters is 1. The van der Waals surface area contributed by atoms with Gasteiger partial charge in [-0.2, -0.15) is 0 Å². The van der Waals surface area contributed by atoms with E-state index in [1.807, 2.05) is 0 Å². The van der Waals surface area contributed by atoms with E-state index in [0.29, 0.717) is 23.6 Å². The van der Waals surface area contributed by atoms with Gasteiger partial charge in [0.25, 0.3) is 0 Å². The van der Waals surface area contributed by atoms with Crippen LogP contribution in [0.4, 0.5) is 19.3 Å². The van der Waals surface area contributed by atoms with E-state index in [2.05, 4.69) is 9.64 Å². The van der Waals surface area contributed by atoms with E-state index in [4.69, 9.17) is 4.74 Å². The van der Waals surface area contributed by atoms with Crippen LogP contribution in [0.5, 0.6) is 0 Å². The summed E-state index contributed by atoms with van der Waals surface area (Å²) in [5.41, 5.74) is 0.951. The molecule has 3 aliphatic heterocycles. The summed E-state index contributed by atoms with van der Waals surface area (Å²) >= 11 is 0. The van der Waals surface area contributed by atoms with E-state index in [1.54, 1.807) is 24.3 Å². The van der Waals surface area contributed by atoms with Crippen LogP contribution in [0, 0.1) is 17.6 Å². The van der Waals surface area contributed by atoms with Crippen molar-refractivity contribution in [2.75, 3.05) is 31.6 Å². The summed E-state index contributed by atoms with van der Waals surface area (Å²) in [6, 6.07) is 9.52. The predicted molar refractivity (Wildman–Crippen MR) is 110 cm³/mol. The fourth-order valence-electron chi connectivity index (χ4n) is 4.23. The van der Waals surface area contributed by atoms with Crippen LogP contribution in [0.3, 0.4) is 0 Å². The van der Waals surface area contributed by atoms with Crippen LogP contribution >= 0.6 is 0 Å². The normalized spacial score (nSPS) is 22.1. The monoisotopic (exact) mass is 430 g/mol. The summed E-state index contributed by atoms with van der Waals surface area (Å²) in [4.78, 5) is 28.2. The Hall–Kier alpha value is -3.00. The second-order valence-corrected chi connectivity index (χ2v) is 7.93. The Bertz CT molecular complexity index is 959. The third kappa shape index (κ3) is 4.69. The number of halogens is 2. The molecule has 2 aromatic rings. The number of anilines is 1. The van der Waals surface area contributed by atoms with E-state index in [0.717, 1.165) is 38.1 Å². The van der Waals surface area contributed by atoms with Crippen LogP contribution in [-0.4, -0.2) is 49.8 Å². The van der Waals surface area contributed by atoms with Crippen LogP contribution in [-0.2, 0) is 16.0 Å². The van der Waals surface area contributed by atoms with Crippen molar-refractivity contribution in [1.82, 2.24) is 4.90 Å². The number of methoxy groups -OCH3 is 1. The molecule has 1 unspecified atom stereocenters. The second kappa shape index (κ2) is 9.01. The number of carbonyl (C=O) groups excluding carboxylic acids is 2. The van der Waals surface area contributed by atoms with E-state index >= 15 is 0 Å². The highest BCUT2D eigenvalue weighted by molar-refractivity contribution is 5.90. The number of fused-ring (bicyclic) bond motifs is 3. The van der Waals surface area contributed by atoms with Crippen LogP contribution in [0.2, 0.25) is 0 Å². The smallest absolute Gasteiger partial charge is 0.415 e. The van der Waals surface area contributed by atoms with Gasteiger partial charge in [0.2, 0.25) is 0 Å². The highest BCUT2D eigenvalue weighted by Gasteiger charge is 2.37. The van der Waals surface area contributed by atoms with E-state index < -0.39 is 23.7 Å². The molecule has 1 amide bonds. The summed E-state index contributed by atoms with van der Waals surface area (Å²) in [5, 5.41) is 0. The maximum Gasteiger partial charge on any atom is 0.415 e. The van der Waals surface area contributed by atoms with Crippen LogP contribution < -0.4 is 4.90 Å². The Morgan fingerprint density at radius 3 is 2.39 bits per heavy atom. The minimum absolute atomic E-state index is 0.00391. The van der Waals surface area contributed by atoms with Gasteiger partial charge in [0.05, 0.1) is 24.9 Å². The number of rotatable bonds is 5. The molecule has 2 bridgehead atoms. The van der Waals surface area contributed by atoms with Gasteiger partial charge >= 0.3 is 12.1 Å². The molecule has 164 valence electrons. The lowest BCUT2D eigenvalue weighted by Crippen LogP contribution is -2.53. The zero-order valence-electron chi connectivity index (χ0n) is 17.2. The SMILES string of the molecule is COC(=O)c1ccc(CN(C(=O)OC2CN3CCC2CC3)c2ccc(F)cc2F)cc1. The largest absolute Gasteiger partial charge is 0.465 e. The number of carbonyl (C=O) groups is 2. The van der Waals surface area contributed by atoms with E-state index in [-0.39, 0.29) is 18.3 Å². The highest BCUT2D eigenvalue weighted by atomic mass is 19.1. The number of nitrogens with zero attached hydrogens (tertiary/aromatic N) is 2. The molecule has 0 radical (unpaired) electrons. The van der Waals surface area contributed by atoms with Crippen molar-refractivity contribution in [2.45, 2.75) is 25.5 Å². The van der Waals surface area contributed by atoms with Gasteiger partial charge in [0.15, 0.2) is 0 Å². The fourth-order valence-corrected chi connectivity index (χ4v) is 4.23. The average Bonchev–Trinajstić information content (AvgIpc) is 2.78. The van der Waals surface area contributed by atoms with Gasteiger partial charge in [0, 0.05) is 12.6 Å². The summed E-state index contributed by atoms with van der Waals surface area (Å²) in [6.07, 6.45) is 1.01. The molecule has 0 aromatic heterocycles. The fraction of sp³-hybridized carbons (Fsp3) is 0.391. The van der Waals surface area contributed by atoms with Gasteiger partial charge in [-0.3, -0.25) is 9.80 Å². The Labute approximate surface area is 179 Å². The van der Waals surface area contributed by atoms with Crippen molar-refractivity contribution in [3.8, 4) is 0 Å². The Morgan fingerprint density at radius 1 is 1.10 bits per heavy atom. The molecule has 8 heteroatoms. The topological polar surface area (TPSA) is 59.1 Å².